The number of alkyl carbamates (subject to hydrolysis) is 1. The van der Waals surface area contributed by atoms with Crippen molar-refractivity contribution in [3.63, 3.8) is 0 Å². The summed E-state index contributed by atoms with van der Waals surface area (Å²) in [5.74, 6) is 0.680. The van der Waals surface area contributed by atoms with Crippen molar-refractivity contribution in [2.24, 2.45) is 5.92 Å². The Morgan fingerprint density at radius 2 is 1.82 bits per heavy atom. The fourth-order valence-corrected chi connectivity index (χ4v) is 2.45. The van der Waals surface area contributed by atoms with Crippen molar-refractivity contribution in [1.29, 1.82) is 0 Å². The maximum Gasteiger partial charge on any atom is 0.407 e. The van der Waals surface area contributed by atoms with Crippen LogP contribution in [0.5, 0.6) is 0 Å². The normalized spacial score (nSPS) is 14.7. The average Bonchev–Trinajstić information content (AvgIpc) is 2.31. The van der Waals surface area contributed by atoms with Crippen molar-refractivity contribution in [2.75, 3.05) is 20.3 Å². The molecule has 0 aliphatic rings. The predicted molar refractivity (Wildman–Crippen MR) is 91.2 cm³/mol. The van der Waals surface area contributed by atoms with Gasteiger partial charge in [-0.2, -0.15) is 0 Å². The highest BCUT2D eigenvalue weighted by Gasteiger charge is 2.16. The first-order chi connectivity index (χ1) is 10.1. The molecule has 0 aliphatic heterocycles. The summed E-state index contributed by atoms with van der Waals surface area (Å²) in [6.45, 7) is 13.6. The van der Waals surface area contributed by atoms with Gasteiger partial charge in [0.25, 0.3) is 0 Å². The van der Waals surface area contributed by atoms with Gasteiger partial charge in [0.05, 0.1) is 6.61 Å². The first kappa shape index (κ1) is 21.2. The smallest absolute Gasteiger partial charge is 0.407 e. The van der Waals surface area contributed by atoms with E-state index in [0.717, 1.165) is 19.3 Å². The molecule has 22 heavy (non-hydrogen) atoms. The predicted octanol–water partition coefficient (Wildman–Crippen LogP) is 3.33. The first-order valence-corrected chi connectivity index (χ1v) is 8.36. The Labute approximate surface area is 136 Å². The van der Waals surface area contributed by atoms with Crippen LogP contribution in [-0.2, 0) is 9.47 Å². The molecule has 0 rings (SSSR count). The number of hydrogen-bond donors (Lipinski definition) is 2. The zero-order valence-electron chi connectivity index (χ0n) is 15.5. The SMILES string of the molecule is COCC(CCCNC(=O)OC(C)(C)C)NC(C)CC(C)C. The summed E-state index contributed by atoms with van der Waals surface area (Å²) in [6, 6.07) is 0.790. The van der Waals surface area contributed by atoms with E-state index in [4.69, 9.17) is 9.47 Å². The summed E-state index contributed by atoms with van der Waals surface area (Å²) in [6.07, 6.45) is 2.66. The molecular formula is C17H36N2O3. The van der Waals surface area contributed by atoms with Crippen LogP contribution in [0.1, 0.15) is 60.8 Å². The third-order valence-electron chi connectivity index (χ3n) is 3.11. The Balaban J connectivity index is 3.97. The van der Waals surface area contributed by atoms with Crippen molar-refractivity contribution in [2.45, 2.75) is 78.5 Å². The number of carbonyl (C=O) groups excluding carboxylic acids is 1. The van der Waals surface area contributed by atoms with E-state index in [1.165, 1.54) is 0 Å². The third kappa shape index (κ3) is 12.9. The monoisotopic (exact) mass is 316 g/mol. The molecule has 2 unspecified atom stereocenters. The van der Waals surface area contributed by atoms with E-state index >= 15 is 0 Å². The lowest BCUT2D eigenvalue weighted by Crippen LogP contribution is -2.40. The first-order valence-electron chi connectivity index (χ1n) is 8.36. The maximum absolute atomic E-state index is 11.6. The molecule has 0 bridgehead atoms. The zero-order valence-corrected chi connectivity index (χ0v) is 15.5. The molecule has 0 saturated carbocycles. The number of methoxy groups -OCH3 is 1. The summed E-state index contributed by atoms with van der Waals surface area (Å²) in [5.41, 5.74) is -0.448. The molecule has 1 amide bonds. The van der Waals surface area contributed by atoms with Gasteiger partial charge < -0.3 is 20.1 Å². The highest BCUT2D eigenvalue weighted by Crippen LogP contribution is 2.08. The second kappa shape index (κ2) is 10.8. The van der Waals surface area contributed by atoms with E-state index in [1.54, 1.807) is 7.11 Å². The summed E-state index contributed by atoms with van der Waals surface area (Å²) in [7, 11) is 1.72. The minimum absolute atomic E-state index is 0.319. The van der Waals surface area contributed by atoms with Gasteiger partial charge in [0, 0.05) is 25.7 Å². The van der Waals surface area contributed by atoms with Crippen molar-refractivity contribution in [1.82, 2.24) is 10.6 Å². The second-order valence-electron chi connectivity index (χ2n) is 7.42. The van der Waals surface area contributed by atoms with Crippen molar-refractivity contribution >= 4 is 6.09 Å². The molecule has 0 aromatic heterocycles. The van der Waals surface area contributed by atoms with Gasteiger partial charge in [-0.05, 0) is 52.9 Å². The van der Waals surface area contributed by atoms with Crippen LogP contribution < -0.4 is 10.6 Å². The van der Waals surface area contributed by atoms with E-state index in [1.807, 2.05) is 20.8 Å². The topological polar surface area (TPSA) is 59.6 Å². The Morgan fingerprint density at radius 1 is 1.18 bits per heavy atom. The van der Waals surface area contributed by atoms with Crippen LogP contribution in [0, 0.1) is 5.92 Å². The van der Waals surface area contributed by atoms with Crippen LogP contribution >= 0.6 is 0 Å². The maximum atomic E-state index is 11.6. The highest BCUT2D eigenvalue weighted by molar-refractivity contribution is 5.67. The quantitative estimate of drug-likeness (QED) is 0.607. The lowest BCUT2D eigenvalue weighted by Gasteiger charge is -2.24. The van der Waals surface area contributed by atoms with E-state index < -0.39 is 5.60 Å². The zero-order chi connectivity index (χ0) is 17.2. The molecule has 0 aromatic rings. The molecule has 2 atom stereocenters. The molecule has 0 heterocycles. The Hall–Kier alpha value is -0.810. The van der Waals surface area contributed by atoms with Gasteiger partial charge in [-0.3, -0.25) is 0 Å². The molecule has 0 fully saturated rings. The van der Waals surface area contributed by atoms with Crippen LogP contribution in [0.25, 0.3) is 0 Å². The molecule has 0 saturated heterocycles. The summed E-state index contributed by atoms with van der Waals surface area (Å²) < 4.78 is 10.5. The van der Waals surface area contributed by atoms with Gasteiger partial charge in [-0.1, -0.05) is 13.8 Å². The fraction of sp³-hybridized carbons (Fsp3) is 0.941. The standard InChI is InChI=1S/C17H36N2O3/c1-13(2)11-14(3)19-15(12-21-7)9-8-10-18-16(20)22-17(4,5)6/h13-15,19H,8-12H2,1-7H3,(H,18,20). The molecule has 2 N–H and O–H groups in total. The lowest BCUT2D eigenvalue weighted by atomic mass is 10.0. The number of carbonyl (C=O) groups is 1. The summed E-state index contributed by atoms with van der Waals surface area (Å²) in [4.78, 5) is 11.6. The molecule has 5 heteroatoms. The van der Waals surface area contributed by atoms with Gasteiger partial charge in [0.1, 0.15) is 5.60 Å². The molecule has 132 valence electrons. The van der Waals surface area contributed by atoms with Crippen LogP contribution in [-0.4, -0.2) is 44.0 Å². The van der Waals surface area contributed by atoms with Crippen LogP contribution in [0.15, 0.2) is 0 Å². The van der Waals surface area contributed by atoms with Crippen LogP contribution in [0.3, 0.4) is 0 Å². The van der Waals surface area contributed by atoms with Crippen LogP contribution in [0.4, 0.5) is 4.79 Å². The molecular weight excluding hydrogens is 280 g/mol. The summed E-state index contributed by atoms with van der Waals surface area (Å²) in [5, 5.41) is 6.40. The number of hydrogen-bond acceptors (Lipinski definition) is 4. The van der Waals surface area contributed by atoms with Gasteiger partial charge >= 0.3 is 6.09 Å². The third-order valence-corrected chi connectivity index (χ3v) is 3.11. The second-order valence-corrected chi connectivity index (χ2v) is 7.42. The van der Waals surface area contributed by atoms with E-state index in [9.17, 15) is 4.79 Å². The van der Waals surface area contributed by atoms with Gasteiger partial charge in [0.15, 0.2) is 0 Å². The molecule has 5 nitrogen and oxygen atoms in total. The number of nitrogens with one attached hydrogen (secondary N) is 2. The largest absolute Gasteiger partial charge is 0.444 e. The van der Waals surface area contributed by atoms with E-state index in [0.29, 0.717) is 31.2 Å². The molecule has 0 radical (unpaired) electrons. The Kier molecular flexibility index (Phi) is 10.4. The molecule has 0 spiro atoms. The van der Waals surface area contributed by atoms with Gasteiger partial charge in [0.2, 0.25) is 0 Å². The summed E-state index contributed by atoms with van der Waals surface area (Å²) >= 11 is 0. The Morgan fingerprint density at radius 3 is 2.32 bits per heavy atom. The minimum Gasteiger partial charge on any atom is -0.444 e. The molecule has 0 aromatic carbocycles. The number of amides is 1. The lowest BCUT2D eigenvalue weighted by molar-refractivity contribution is 0.0526. The van der Waals surface area contributed by atoms with E-state index in [2.05, 4.69) is 31.4 Å². The molecule has 0 aliphatic carbocycles. The highest BCUT2D eigenvalue weighted by atomic mass is 16.6. The number of ether oxygens (including phenoxy) is 2. The van der Waals surface area contributed by atoms with Gasteiger partial charge in [-0.15, -0.1) is 0 Å². The van der Waals surface area contributed by atoms with Gasteiger partial charge in [-0.25, -0.2) is 4.79 Å². The fourth-order valence-electron chi connectivity index (χ4n) is 2.45. The van der Waals surface area contributed by atoms with Crippen molar-refractivity contribution < 1.29 is 14.3 Å². The average molecular weight is 316 g/mol. The Bertz CT molecular complexity index is 301. The number of rotatable bonds is 10. The van der Waals surface area contributed by atoms with Crippen molar-refractivity contribution in [3.05, 3.63) is 0 Å². The van der Waals surface area contributed by atoms with E-state index in [-0.39, 0.29) is 6.09 Å². The minimum atomic E-state index is -0.448. The van der Waals surface area contributed by atoms with Crippen molar-refractivity contribution in [3.8, 4) is 0 Å². The van der Waals surface area contributed by atoms with Crippen LogP contribution in [0.2, 0.25) is 0 Å².